The smallest absolute Gasteiger partial charge is 0.355 e. The Labute approximate surface area is 63.3 Å². The van der Waals surface area contributed by atoms with E-state index in [2.05, 4.69) is 4.98 Å². The van der Waals surface area contributed by atoms with E-state index in [0.29, 0.717) is 0 Å². The fourth-order valence-electron chi connectivity index (χ4n) is 0.318. The highest BCUT2D eigenvalue weighted by molar-refractivity contribution is 7.07. The van der Waals surface area contributed by atoms with E-state index in [-0.39, 0.29) is 5.69 Å². The molecule has 3 nitrogen and oxygen atoms in total. The second-order valence-corrected chi connectivity index (χ2v) is 1.90. The maximum absolute atomic E-state index is 10.0. The molecule has 0 unspecified atom stereocenters. The summed E-state index contributed by atoms with van der Waals surface area (Å²) >= 11 is 1.28. The van der Waals surface area contributed by atoms with Crippen molar-refractivity contribution in [1.82, 2.24) is 4.98 Å². The molecule has 0 aliphatic rings. The Hall–Kier alpha value is -0.900. The first kappa shape index (κ1) is 9.10. The molecular weight excluding hydrogens is 150 g/mol. The first-order valence-corrected chi connectivity index (χ1v) is 3.86. The maximum atomic E-state index is 10.0. The topological polar surface area (TPSA) is 50.2 Å². The largest absolute Gasteiger partial charge is 0.476 e. The van der Waals surface area contributed by atoms with Gasteiger partial charge in [0, 0.05) is 5.38 Å². The van der Waals surface area contributed by atoms with Crippen LogP contribution in [0.3, 0.4) is 0 Å². The van der Waals surface area contributed by atoms with Crippen molar-refractivity contribution in [3.8, 4) is 0 Å². The molecule has 0 aliphatic heterocycles. The minimum absolute atomic E-state index is 0.120. The Morgan fingerprint density at radius 2 is 2.30 bits per heavy atom. The van der Waals surface area contributed by atoms with Gasteiger partial charge < -0.3 is 5.11 Å². The molecule has 0 fully saturated rings. The molecule has 1 aromatic heterocycles. The summed E-state index contributed by atoms with van der Waals surface area (Å²) in [5, 5.41) is 9.71. The van der Waals surface area contributed by atoms with E-state index in [1.54, 1.807) is 0 Å². The molecule has 4 heteroatoms. The molecule has 0 aromatic carbocycles. The van der Waals surface area contributed by atoms with E-state index in [0.717, 1.165) is 0 Å². The van der Waals surface area contributed by atoms with Crippen LogP contribution >= 0.6 is 11.3 Å². The Bertz CT molecular complexity index is 184. The van der Waals surface area contributed by atoms with Crippen molar-refractivity contribution in [3.63, 3.8) is 0 Å². The molecular formula is C6H9NO2S. The highest BCUT2D eigenvalue weighted by Gasteiger charge is 2.00. The average molecular weight is 159 g/mol. The lowest BCUT2D eigenvalue weighted by Crippen LogP contribution is -1.94. The fourth-order valence-corrected chi connectivity index (χ4v) is 0.844. The number of aromatic carboxylic acids is 1. The third-order valence-electron chi connectivity index (χ3n) is 0.651. The van der Waals surface area contributed by atoms with Crippen molar-refractivity contribution < 1.29 is 9.90 Å². The van der Waals surface area contributed by atoms with Crippen LogP contribution in [0.5, 0.6) is 0 Å². The van der Waals surface area contributed by atoms with Crippen LogP contribution in [0.4, 0.5) is 0 Å². The Kier molecular flexibility index (Phi) is 4.49. The number of hydrogen-bond acceptors (Lipinski definition) is 3. The van der Waals surface area contributed by atoms with Crippen molar-refractivity contribution in [3.05, 3.63) is 16.6 Å². The normalized spacial score (nSPS) is 7.80. The van der Waals surface area contributed by atoms with Crippen LogP contribution in [-0.2, 0) is 0 Å². The minimum atomic E-state index is -0.966. The summed E-state index contributed by atoms with van der Waals surface area (Å²) in [6, 6.07) is 0. The van der Waals surface area contributed by atoms with Crippen molar-refractivity contribution in [1.29, 1.82) is 0 Å². The molecule has 0 atom stereocenters. The van der Waals surface area contributed by atoms with Gasteiger partial charge in [0.1, 0.15) is 0 Å². The number of thiazole rings is 1. The van der Waals surface area contributed by atoms with Gasteiger partial charge in [0.15, 0.2) is 5.69 Å². The van der Waals surface area contributed by atoms with Gasteiger partial charge in [0.05, 0.1) is 5.51 Å². The molecule has 0 bridgehead atoms. The third-order valence-corrected chi connectivity index (χ3v) is 1.24. The molecule has 0 saturated heterocycles. The molecule has 0 radical (unpaired) electrons. The molecule has 1 heterocycles. The molecule has 0 spiro atoms. The second-order valence-electron chi connectivity index (χ2n) is 1.18. The van der Waals surface area contributed by atoms with E-state index in [1.165, 1.54) is 22.2 Å². The van der Waals surface area contributed by atoms with Gasteiger partial charge in [-0.2, -0.15) is 0 Å². The SMILES string of the molecule is CC.O=C(O)c1cscn1. The highest BCUT2D eigenvalue weighted by atomic mass is 32.1. The van der Waals surface area contributed by atoms with Crippen LogP contribution in [0.25, 0.3) is 0 Å². The molecule has 10 heavy (non-hydrogen) atoms. The van der Waals surface area contributed by atoms with Gasteiger partial charge in [-0.15, -0.1) is 11.3 Å². The molecule has 0 aliphatic carbocycles. The standard InChI is InChI=1S/C4H3NO2S.C2H6/c6-4(7)3-1-8-2-5-3;1-2/h1-2H,(H,6,7);1-2H3. The van der Waals surface area contributed by atoms with Crippen molar-refractivity contribution in [2.24, 2.45) is 0 Å². The zero-order valence-corrected chi connectivity index (χ0v) is 6.68. The number of nitrogens with zero attached hydrogens (tertiary/aromatic N) is 1. The summed E-state index contributed by atoms with van der Waals surface area (Å²) in [4.78, 5) is 13.5. The lowest BCUT2D eigenvalue weighted by molar-refractivity contribution is 0.0691. The molecule has 56 valence electrons. The van der Waals surface area contributed by atoms with Crippen molar-refractivity contribution in [2.75, 3.05) is 0 Å². The number of carbonyl (C=O) groups is 1. The quantitative estimate of drug-likeness (QED) is 0.680. The maximum Gasteiger partial charge on any atom is 0.355 e. The van der Waals surface area contributed by atoms with Crippen LogP contribution in [0.15, 0.2) is 10.9 Å². The fraction of sp³-hybridized carbons (Fsp3) is 0.333. The lowest BCUT2D eigenvalue weighted by Gasteiger charge is -1.77. The Balaban J connectivity index is 0.000000371. The predicted molar refractivity (Wildman–Crippen MR) is 40.4 cm³/mol. The number of carboxylic acids is 1. The summed E-state index contributed by atoms with van der Waals surface area (Å²) < 4.78 is 0. The summed E-state index contributed by atoms with van der Waals surface area (Å²) in [5.41, 5.74) is 1.61. The van der Waals surface area contributed by atoms with E-state index >= 15 is 0 Å². The van der Waals surface area contributed by atoms with Gasteiger partial charge in [-0.25, -0.2) is 9.78 Å². The van der Waals surface area contributed by atoms with Gasteiger partial charge in [-0.1, -0.05) is 13.8 Å². The molecule has 0 saturated carbocycles. The second kappa shape index (κ2) is 4.93. The Morgan fingerprint density at radius 3 is 2.50 bits per heavy atom. The Morgan fingerprint density at radius 1 is 1.70 bits per heavy atom. The van der Waals surface area contributed by atoms with Crippen LogP contribution < -0.4 is 0 Å². The zero-order valence-electron chi connectivity index (χ0n) is 5.87. The lowest BCUT2D eigenvalue weighted by atomic mass is 10.5. The van der Waals surface area contributed by atoms with Crippen LogP contribution in [0.1, 0.15) is 24.3 Å². The first-order valence-electron chi connectivity index (χ1n) is 2.92. The highest BCUT2D eigenvalue weighted by Crippen LogP contribution is 1.98. The number of aromatic nitrogens is 1. The summed E-state index contributed by atoms with van der Waals surface area (Å²) in [7, 11) is 0. The van der Waals surface area contributed by atoms with Gasteiger partial charge in [0.2, 0.25) is 0 Å². The monoisotopic (exact) mass is 159 g/mol. The number of carboxylic acid groups (broad SMARTS) is 1. The van der Waals surface area contributed by atoms with Gasteiger partial charge in [0.25, 0.3) is 0 Å². The van der Waals surface area contributed by atoms with Crippen molar-refractivity contribution in [2.45, 2.75) is 13.8 Å². The molecule has 1 rings (SSSR count). The predicted octanol–water partition coefficient (Wildman–Crippen LogP) is 1.87. The van der Waals surface area contributed by atoms with Crippen LogP contribution in [-0.4, -0.2) is 16.1 Å². The van der Waals surface area contributed by atoms with E-state index < -0.39 is 5.97 Å². The van der Waals surface area contributed by atoms with Gasteiger partial charge in [-0.05, 0) is 0 Å². The summed E-state index contributed by atoms with van der Waals surface area (Å²) in [6.45, 7) is 4.00. The van der Waals surface area contributed by atoms with Crippen LogP contribution in [0, 0.1) is 0 Å². The van der Waals surface area contributed by atoms with Crippen LogP contribution in [0.2, 0.25) is 0 Å². The minimum Gasteiger partial charge on any atom is -0.476 e. The summed E-state index contributed by atoms with van der Waals surface area (Å²) in [5.74, 6) is -0.966. The van der Waals surface area contributed by atoms with Gasteiger partial charge in [-0.3, -0.25) is 0 Å². The van der Waals surface area contributed by atoms with E-state index in [4.69, 9.17) is 5.11 Å². The molecule has 0 amide bonds. The van der Waals surface area contributed by atoms with E-state index in [9.17, 15) is 4.79 Å². The number of hydrogen-bond donors (Lipinski definition) is 1. The van der Waals surface area contributed by atoms with Crippen molar-refractivity contribution >= 4 is 17.3 Å². The third kappa shape index (κ3) is 2.59. The zero-order chi connectivity index (χ0) is 7.98. The first-order chi connectivity index (χ1) is 4.80. The van der Waals surface area contributed by atoms with E-state index in [1.807, 2.05) is 13.8 Å². The molecule has 1 N–H and O–H groups in total. The summed E-state index contributed by atoms with van der Waals surface area (Å²) in [6.07, 6.45) is 0. The molecule has 1 aromatic rings. The number of rotatable bonds is 1. The van der Waals surface area contributed by atoms with Gasteiger partial charge >= 0.3 is 5.97 Å². The average Bonchev–Trinajstić information content (AvgIpc) is 2.42.